The molecular weight excluding hydrogens is 880 g/mol. The number of amides is 6. The highest BCUT2D eigenvalue weighted by Gasteiger charge is 2.46. The fraction of sp³-hybridized carbons (Fsp3) is 0.354. The number of carbonyl (C=O) groups is 6. The highest BCUT2D eigenvalue weighted by Crippen LogP contribution is 2.40. The Bertz CT molecular complexity index is 2860. The maximum atomic E-state index is 14.5. The van der Waals surface area contributed by atoms with E-state index in [4.69, 9.17) is 0 Å². The summed E-state index contributed by atoms with van der Waals surface area (Å²) in [5, 5.41) is 26.8. The van der Waals surface area contributed by atoms with Crippen LogP contribution in [0.3, 0.4) is 0 Å². The van der Waals surface area contributed by atoms with Crippen LogP contribution in [0.25, 0.3) is 11.3 Å². The number of hydrogen-bond donors (Lipinski definition) is 3. The second-order valence-corrected chi connectivity index (χ2v) is 19.0. The maximum Gasteiger partial charge on any atom is 0.262 e. The summed E-state index contributed by atoms with van der Waals surface area (Å²) >= 11 is 1.20. The molecule has 7 aliphatic rings. The van der Waals surface area contributed by atoms with E-state index in [2.05, 4.69) is 40.5 Å². The molecule has 7 aliphatic heterocycles. The van der Waals surface area contributed by atoms with Gasteiger partial charge in [0.05, 0.1) is 16.8 Å². The van der Waals surface area contributed by atoms with Gasteiger partial charge in [-0.05, 0) is 98.2 Å². The molecule has 2 bridgehead atoms. The number of imide groups is 2. The SMILES string of the molecule is O=C1CCC(N2C(=O)c3ccc(N4CC5CCC4CN5CC4CCN(c5ccc(-c6ccc7c(c6)C(=O)N(C(C(=O)Nc6nccs6)c6cc(F)ccc6O)C7)nn5)CC4)cc3C2=O)C(=O)N1. The minimum absolute atomic E-state index is 0.0382. The third-order valence-electron chi connectivity index (χ3n) is 14.2. The second-order valence-electron chi connectivity index (χ2n) is 18.1. The van der Waals surface area contributed by atoms with E-state index in [0.717, 1.165) is 93.0 Å². The van der Waals surface area contributed by atoms with Crippen LogP contribution in [0.1, 0.15) is 86.8 Å². The molecule has 5 saturated heterocycles. The summed E-state index contributed by atoms with van der Waals surface area (Å²) in [5.74, 6) is -2.77. The van der Waals surface area contributed by atoms with Gasteiger partial charge < -0.3 is 19.8 Å². The van der Waals surface area contributed by atoms with Crippen LogP contribution >= 0.6 is 11.3 Å². The van der Waals surface area contributed by atoms with Gasteiger partial charge in [-0.3, -0.25) is 49.2 Å². The second kappa shape index (κ2) is 16.9. The number of benzene rings is 3. The van der Waals surface area contributed by atoms with Crippen molar-refractivity contribution in [2.75, 3.05) is 47.8 Å². The largest absolute Gasteiger partial charge is 0.508 e. The summed E-state index contributed by atoms with van der Waals surface area (Å²) in [6.45, 7) is 4.48. The number of aromatic hydroxyl groups is 1. The molecule has 4 atom stereocenters. The van der Waals surface area contributed by atoms with E-state index in [0.29, 0.717) is 45.0 Å². The first kappa shape index (κ1) is 42.5. The maximum absolute atomic E-state index is 14.5. The summed E-state index contributed by atoms with van der Waals surface area (Å²) in [6.07, 6.45) is 5.87. The van der Waals surface area contributed by atoms with Crippen LogP contribution in [-0.2, 0) is 20.9 Å². The molecule has 342 valence electrons. The molecule has 3 N–H and O–H groups in total. The molecule has 0 aliphatic carbocycles. The molecule has 4 unspecified atom stereocenters. The molecule has 19 heteroatoms. The number of halogens is 1. The van der Waals surface area contributed by atoms with Gasteiger partial charge in [0.15, 0.2) is 10.9 Å². The highest BCUT2D eigenvalue weighted by molar-refractivity contribution is 7.13. The van der Waals surface area contributed by atoms with Crippen molar-refractivity contribution in [1.82, 2.24) is 35.2 Å². The third-order valence-corrected chi connectivity index (χ3v) is 14.9. The Hall–Kier alpha value is -7.12. The lowest BCUT2D eigenvalue weighted by Crippen LogP contribution is -2.63. The fourth-order valence-electron chi connectivity index (χ4n) is 10.8. The summed E-state index contributed by atoms with van der Waals surface area (Å²) in [5.41, 5.74) is 3.76. The van der Waals surface area contributed by atoms with Crippen LogP contribution in [0.5, 0.6) is 5.75 Å². The van der Waals surface area contributed by atoms with Gasteiger partial charge in [0.2, 0.25) is 11.8 Å². The fourth-order valence-corrected chi connectivity index (χ4v) is 11.3. The van der Waals surface area contributed by atoms with E-state index in [9.17, 15) is 38.3 Å². The van der Waals surface area contributed by atoms with Gasteiger partial charge in [0.25, 0.3) is 23.6 Å². The zero-order valence-corrected chi connectivity index (χ0v) is 37.0. The van der Waals surface area contributed by atoms with Crippen molar-refractivity contribution in [3.63, 3.8) is 0 Å². The molecule has 3 aromatic carbocycles. The van der Waals surface area contributed by atoms with Crippen molar-refractivity contribution < 1.29 is 38.3 Å². The minimum atomic E-state index is -1.33. The van der Waals surface area contributed by atoms with E-state index >= 15 is 0 Å². The first-order chi connectivity index (χ1) is 32.5. The van der Waals surface area contributed by atoms with Gasteiger partial charge in [0, 0.05) is 91.7 Å². The number of aromatic nitrogens is 3. The highest BCUT2D eigenvalue weighted by atomic mass is 32.1. The Labute approximate surface area is 387 Å². The van der Waals surface area contributed by atoms with E-state index in [1.807, 2.05) is 30.3 Å². The number of hydrogen-bond acceptors (Lipinski definition) is 14. The number of piperidine rings is 4. The van der Waals surface area contributed by atoms with Gasteiger partial charge in [-0.1, -0.05) is 12.1 Å². The Morgan fingerprint density at radius 2 is 1.67 bits per heavy atom. The van der Waals surface area contributed by atoms with Crippen LogP contribution in [0.4, 0.5) is 21.0 Å². The number of nitrogens with one attached hydrogen (secondary N) is 2. The average Bonchev–Trinajstić information content (AvgIpc) is 4.04. The number of piperazine rings is 1. The standard InChI is InChI=1S/C48H45FN10O7S/c49-29-3-10-39(60)36(20-29)42(44(63)52-48-50-15-18-67-48)58-23-28-2-1-27(19-34(28)45(58)64)37-8-11-40(54-53-37)55-16-13-26(14-17-55)22-56-24-32-5-4-31(56)25-57(32)30-6-7-33-35(21-30)47(66)59(46(33)65)38-9-12-41(61)51-43(38)62/h1-3,6-8,10-11,15,18-21,26,31-32,38,42,60H,4-5,9,12-14,16-17,22-25H2,(H,50,52,63)(H,51,61,62). The number of phenolic OH excluding ortho intramolecular Hbond substituents is 1. The zero-order chi connectivity index (χ0) is 46.1. The first-order valence-corrected chi connectivity index (χ1v) is 23.4. The molecule has 0 radical (unpaired) electrons. The Kier molecular flexibility index (Phi) is 10.8. The molecule has 67 heavy (non-hydrogen) atoms. The molecule has 0 spiro atoms. The molecule has 9 heterocycles. The molecule has 5 fully saturated rings. The number of carbonyl (C=O) groups excluding carboxylic acids is 6. The van der Waals surface area contributed by atoms with Gasteiger partial charge in [-0.2, -0.15) is 0 Å². The van der Waals surface area contributed by atoms with Crippen molar-refractivity contribution >= 4 is 63.4 Å². The first-order valence-electron chi connectivity index (χ1n) is 22.6. The van der Waals surface area contributed by atoms with Crippen LogP contribution in [0, 0.1) is 11.7 Å². The molecule has 0 saturated carbocycles. The van der Waals surface area contributed by atoms with Gasteiger partial charge in [-0.15, -0.1) is 21.5 Å². The van der Waals surface area contributed by atoms with Crippen molar-refractivity contribution in [2.45, 2.75) is 69.2 Å². The number of nitrogens with zero attached hydrogens (tertiary/aromatic N) is 8. The van der Waals surface area contributed by atoms with Gasteiger partial charge in [0.1, 0.15) is 23.7 Å². The molecule has 17 nitrogen and oxygen atoms in total. The van der Waals surface area contributed by atoms with Gasteiger partial charge in [-0.25, -0.2) is 9.37 Å². The van der Waals surface area contributed by atoms with Crippen LogP contribution in [-0.4, -0.2) is 121 Å². The third kappa shape index (κ3) is 7.74. The van der Waals surface area contributed by atoms with Crippen molar-refractivity contribution in [1.29, 1.82) is 0 Å². The monoisotopic (exact) mass is 924 g/mol. The predicted octanol–water partition coefficient (Wildman–Crippen LogP) is 4.75. The quantitative estimate of drug-likeness (QED) is 0.162. The average molecular weight is 925 g/mol. The Balaban J connectivity index is 0.702. The van der Waals surface area contributed by atoms with Gasteiger partial charge >= 0.3 is 0 Å². The van der Waals surface area contributed by atoms with Crippen LogP contribution in [0.15, 0.2) is 78.3 Å². The van der Waals surface area contributed by atoms with E-state index in [1.54, 1.807) is 23.6 Å². The van der Waals surface area contributed by atoms with Crippen LogP contribution < -0.4 is 20.4 Å². The lowest BCUT2D eigenvalue weighted by molar-refractivity contribution is -0.136. The van der Waals surface area contributed by atoms with E-state index in [1.165, 1.54) is 22.4 Å². The minimum Gasteiger partial charge on any atom is -0.508 e. The summed E-state index contributed by atoms with van der Waals surface area (Å²) in [4.78, 5) is 92.4. The summed E-state index contributed by atoms with van der Waals surface area (Å²) in [6, 6.07) is 16.3. The Morgan fingerprint density at radius 1 is 0.851 bits per heavy atom. The number of thiazole rings is 1. The number of anilines is 3. The number of phenols is 1. The number of fused-ring (bicyclic) bond motifs is 5. The van der Waals surface area contributed by atoms with E-state index in [-0.39, 0.29) is 42.3 Å². The van der Waals surface area contributed by atoms with E-state index < -0.39 is 53.3 Å². The van der Waals surface area contributed by atoms with Crippen molar-refractivity contribution in [3.05, 3.63) is 112 Å². The normalized spacial score (nSPS) is 22.3. The van der Waals surface area contributed by atoms with Crippen molar-refractivity contribution in [2.24, 2.45) is 5.92 Å². The topological polar surface area (TPSA) is 202 Å². The molecular formula is C48H45FN10O7S. The van der Waals surface area contributed by atoms with Crippen molar-refractivity contribution in [3.8, 4) is 17.0 Å². The van der Waals surface area contributed by atoms with Crippen LogP contribution in [0.2, 0.25) is 0 Å². The summed E-state index contributed by atoms with van der Waals surface area (Å²) < 4.78 is 14.5. The molecule has 12 rings (SSSR count). The number of rotatable bonds is 10. The lowest BCUT2D eigenvalue weighted by Gasteiger charge is -2.53. The summed E-state index contributed by atoms with van der Waals surface area (Å²) in [7, 11) is 0. The smallest absolute Gasteiger partial charge is 0.262 e. The molecule has 6 amide bonds. The lowest BCUT2D eigenvalue weighted by atomic mass is 9.87. The molecule has 2 aromatic heterocycles. The predicted molar refractivity (Wildman–Crippen MR) is 243 cm³/mol. The molecule has 5 aromatic rings. The Morgan fingerprint density at radius 3 is 2.42 bits per heavy atom. The zero-order valence-electron chi connectivity index (χ0n) is 36.1.